The number of allylic oxidation sites excluding steroid dienone is 1. The number of hydrogen-bond donors (Lipinski definition) is 1. The predicted octanol–water partition coefficient (Wildman–Crippen LogP) is 0.981. The Morgan fingerprint density at radius 2 is 2.50 bits per heavy atom. The zero-order valence-electron chi connectivity index (χ0n) is 7.59. The van der Waals surface area contributed by atoms with Crippen molar-refractivity contribution in [2.75, 3.05) is 26.7 Å². The van der Waals surface area contributed by atoms with E-state index in [1.807, 2.05) is 0 Å². The summed E-state index contributed by atoms with van der Waals surface area (Å²) in [6, 6.07) is 0. The fourth-order valence-corrected chi connectivity index (χ4v) is 1.98. The molecule has 1 unspecified atom stereocenters. The molecule has 0 radical (unpaired) electrons. The molecule has 1 N–H and O–H groups in total. The third kappa shape index (κ3) is 1.53. The first-order chi connectivity index (χ1) is 5.86. The molecule has 1 fully saturated rings. The summed E-state index contributed by atoms with van der Waals surface area (Å²) in [7, 11) is 2.20. The zero-order valence-corrected chi connectivity index (χ0v) is 7.59. The maximum atomic E-state index is 3.18. The van der Waals surface area contributed by atoms with Gasteiger partial charge in [-0.25, -0.2) is 0 Å². The summed E-state index contributed by atoms with van der Waals surface area (Å²) in [6.07, 6.45) is 7.91. The van der Waals surface area contributed by atoms with Crippen LogP contribution in [0.15, 0.2) is 23.9 Å². The molecule has 2 aliphatic heterocycles. The molecule has 12 heavy (non-hydrogen) atoms. The lowest BCUT2D eigenvalue weighted by molar-refractivity contribution is 0.406. The summed E-state index contributed by atoms with van der Waals surface area (Å²) in [5.74, 6) is 0.786. The van der Waals surface area contributed by atoms with Crippen LogP contribution in [0.1, 0.15) is 6.42 Å². The third-order valence-corrected chi connectivity index (χ3v) is 2.71. The number of rotatable bonds is 1. The Morgan fingerprint density at radius 1 is 1.58 bits per heavy atom. The molecule has 2 nitrogen and oxygen atoms in total. The summed E-state index contributed by atoms with van der Waals surface area (Å²) in [6.45, 7) is 3.49. The van der Waals surface area contributed by atoms with Gasteiger partial charge in [-0.1, -0.05) is 6.08 Å². The van der Waals surface area contributed by atoms with E-state index in [1.54, 1.807) is 0 Å². The number of likely N-dealkylation sites (tertiary alicyclic amines) is 1. The van der Waals surface area contributed by atoms with Crippen LogP contribution in [0.3, 0.4) is 0 Å². The molecular weight excluding hydrogens is 148 g/mol. The number of hydrogen-bond acceptors (Lipinski definition) is 2. The highest BCUT2D eigenvalue weighted by Crippen LogP contribution is 2.23. The molecule has 0 bridgehead atoms. The molecule has 0 spiro atoms. The molecule has 0 saturated carbocycles. The van der Waals surface area contributed by atoms with Gasteiger partial charge in [0.05, 0.1) is 0 Å². The van der Waals surface area contributed by atoms with Crippen molar-refractivity contribution in [3.63, 3.8) is 0 Å². The van der Waals surface area contributed by atoms with Crippen molar-refractivity contribution in [2.45, 2.75) is 6.42 Å². The van der Waals surface area contributed by atoms with E-state index in [4.69, 9.17) is 0 Å². The van der Waals surface area contributed by atoms with Gasteiger partial charge in [0.1, 0.15) is 0 Å². The lowest BCUT2D eigenvalue weighted by Gasteiger charge is -2.14. The maximum Gasteiger partial charge on any atom is 0.0331 e. The normalized spacial score (nSPS) is 30.1. The van der Waals surface area contributed by atoms with E-state index < -0.39 is 0 Å². The second kappa shape index (κ2) is 3.31. The van der Waals surface area contributed by atoms with Crippen LogP contribution in [0, 0.1) is 5.92 Å². The summed E-state index contributed by atoms with van der Waals surface area (Å²) < 4.78 is 0. The Labute approximate surface area is 73.9 Å². The maximum absolute atomic E-state index is 3.18. The molecule has 0 aliphatic carbocycles. The summed E-state index contributed by atoms with van der Waals surface area (Å²) in [5.41, 5.74) is 1.53. The minimum Gasteiger partial charge on any atom is -0.387 e. The molecule has 0 aromatic rings. The van der Waals surface area contributed by atoms with Crippen molar-refractivity contribution >= 4 is 0 Å². The van der Waals surface area contributed by atoms with Crippen LogP contribution in [-0.2, 0) is 0 Å². The van der Waals surface area contributed by atoms with Crippen molar-refractivity contribution < 1.29 is 0 Å². The SMILES string of the molecule is CN1CCC(C2=CCNC=C2)C1. The third-order valence-electron chi connectivity index (χ3n) is 2.71. The Morgan fingerprint density at radius 3 is 3.08 bits per heavy atom. The quantitative estimate of drug-likeness (QED) is 0.621. The standard InChI is InChI=1S/C10H16N2/c1-12-7-4-10(8-12)9-2-5-11-6-3-9/h2-3,5,10-11H,4,6-8H2,1H3. The largest absolute Gasteiger partial charge is 0.387 e. The van der Waals surface area contributed by atoms with Gasteiger partial charge in [-0.2, -0.15) is 0 Å². The van der Waals surface area contributed by atoms with E-state index in [0.29, 0.717) is 0 Å². The number of dihydropyridines is 1. The van der Waals surface area contributed by atoms with Gasteiger partial charge < -0.3 is 10.2 Å². The van der Waals surface area contributed by atoms with E-state index in [0.717, 1.165) is 12.5 Å². The van der Waals surface area contributed by atoms with Gasteiger partial charge in [0.15, 0.2) is 0 Å². The molecule has 2 aliphatic rings. The van der Waals surface area contributed by atoms with E-state index in [1.165, 1.54) is 25.1 Å². The minimum absolute atomic E-state index is 0.786. The van der Waals surface area contributed by atoms with E-state index in [-0.39, 0.29) is 0 Å². The van der Waals surface area contributed by atoms with Gasteiger partial charge in [0.25, 0.3) is 0 Å². The summed E-state index contributed by atoms with van der Waals surface area (Å²) in [5, 5.41) is 3.18. The van der Waals surface area contributed by atoms with Crippen molar-refractivity contribution in [1.82, 2.24) is 10.2 Å². The summed E-state index contributed by atoms with van der Waals surface area (Å²) in [4.78, 5) is 2.40. The van der Waals surface area contributed by atoms with Crippen molar-refractivity contribution in [1.29, 1.82) is 0 Å². The second-order valence-electron chi connectivity index (χ2n) is 3.69. The summed E-state index contributed by atoms with van der Waals surface area (Å²) >= 11 is 0. The Bertz CT molecular complexity index is 218. The van der Waals surface area contributed by atoms with Gasteiger partial charge in [-0.3, -0.25) is 0 Å². The van der Waals surface area contributed by atoms with Gasteiger partial charge in [0.2, 0.25) is 0 Å². The first-order valence-electron chi connectivity index (χ1n) is 4.65. The lowest BCUT2D eigenvalue weighted by atomic mass is 9.97. The topological polar surface area (TPSA) is 15.3 Å². The molecule has 2 rings (SSSR count). The smallest absolute Gasteiger partial charge is 0.0331 e. The highest BCUT2D eigenvalue weighted by atomic mass is 15.1. The average molecular weight is 164 g/mol. The fraction of sp³-hybridized carbons (Fsp3) is 0.600. The highest BCUT2D eigenvalue weighted by Gasteiger charge is 2.21. The fourth-order valence-electron chi connectivity index (χ4n) is 1.98. The number of nitrogens with zero attached hydrogens (tertiary/aromatic N) is 1. The van der Waals surface area contributed by atoms with Crippen molar-refractivity contribution in [2.24, 2.45) is 5.92 Å². The van der Waals surface area contributed by atoms with Gasteiger partial charge >= 0.3 is 0 Å². The van der Waals surface area contributed by atoms with Gasteiger partial charge in [0, 0.05) is 13.1 Å². The number of nitrogens with one attached hydrogen (secondary N) is 1. The van der Waals surface area contributed by atoms with Crippen LogP contribution in [0.5, 0.6) is 0 Å². The average Bonchev–Trinajstić information content (AvgIpc) is 2.54. The van der Waals surface area contributed by atoms with E-state index in [2.05, 4.69) is 35.6 Å². The zero-order chi connectivity index (χ0) is 8.39. The Kier molecular flexibility index (Phi) is 2.17. The predicted molar refractivity (Wildman–Crippen MR) is 50.8 cm³/mol. The van der Waals surface area contributed by atoms with Crippen LogP contribution in [-0.4, -0.2) is 31.6 Å². The highest BCUT2D eigenvalue weighted by molar-refractivity contribution is 5.26. The van der Waals surface area contributed by atoms with Crippen LogP contribution in [0.25, 0.3) is 0 Å². The molecule has 1 saturated heterocycles. The molecule has 2 heteroatoms. The van der Waals surface area contributed by atoms with Crippen LogP contribution in [0.4, 0.5) is 0 Å². The van der Waals surface area contributed by atoms with Crippen LogP contribution in [0.2, 0.25) is 0 Å². The Balaban J connectivity index is 2.00. The van der Waals surface area contributed by atoms with Crippen LogP contribution < -0.4 is 5.32 Å². The van der Waals surface area contributed by atoms with Crippen LogP contribution >= 0.6 is 0 Å². The lowest BCUT2D eigenvalue weighted by Crippen LogP contribution is -2.17. The monoisotopic (exact) mass is 164 g/mol. The molecule has 0 amide bonds. The first-order valence-corrected chi connectivity index (χ1v) is 4.65. The van der Waals surface area contributed by atoms with Crippen molar-refractivity contribution in [3.8, 4) is 0 Å². The van der Waals surface area contributed by atoms with E-state index >= 15 is 0 Å². The van der Waals surface area contributed by atoms with Crippen molar-refractivity contribution in [3.05, 3.63) is 23.9 Å². The van der Waals surface area contributed by atoms with E-state index in [9.17, 15) is 0 Å². The molecular formula is C10H16N2. The molecule has 2 heterocycles. The molecule has 66 valence electrons. The first kappa shape index (κ1) is 7.87. The van der Waals surface area contributed by atoms with Gasteiger partial charge in [-0.05, 0) is 43.8 Å². The molecule has 1 atom stereocenters. The van der Waals surface area contributed by atoms with Gasteiger partial charge in [-0.15, -0.1) is 0 Å². The molecule has 0 aromatic heterocycles. The minimum atomic E-state index is 0.786. The molecule has 0 aromatic carbocycles. The second-order valence-corrected chi connectivity index (χ2v) is 3.69. The Hall–Kier alpha value is -0.760.